The Labute approximate surface area is 147 Å². The highest BCUT2D eigenvalue weighted by Gasteiger charge is 2.23. The lowest BCUT2D eigenvalue weighted by atomic mass is 10.0. The van der Waals surface area contributed by atoms with Crippen LogP contribution in [0.1, 0.15) is 36.2 Å². The topological polar surface area (TPSA) is 61.0 Å². The van der Waals surface area contributed by atoms with Gasteiger partial charge in [0.1, 0.15) is 5.82 Å². The van der Waals surface area contributed by atoms with Crippen LogP contribution in [0.15, 0.2) is 24.3 Å². The number of nitrogens with one attached hydrogen (secondary N) is 2. The van der Waals surface area contributed by atoms with Gasteiger partial charge < -0.3 is 10.2 Å². The first kappa shape index (κ1) is 17.5. The molecule has 25 heavy (non-hydrogen) atoms. The van der Waals surface area contributed by atoms with Crippen molar-refractivity contribution in [3.8, 4) is 0 Å². The van der Waals surface area contributed by atoms with E-state index in [1.807, 2.05) is 24.8 Å². The second kappa shape index (κ2) is 7.68. The van der Waals surface area contributed by atoms with Crippen molar-refractivity contribution in [3.63, 3.8) is 0 Å². The van der Waals surface area contributed by atoms with E-state index in [-0.39, 0.29) is 17.8 Å². The maximum absolute atomic E-state index is 14.0. The summed E-state index contributed by atoms with van der Waals surface area (Å²) in [4.78, 5) is 14.3. The van der Waals surface area contributed by atoms with E-state index in [0.717, 1.165) is 36.3 Å². The number of piperidine rings is 1. The Kier molecular flexibility index (Phi) is 5.36. The summed E-state index contributed by atoms with van der Waals surface area (Å²) in [6, 6.07) is 6.88. The second-order valence-corrected chi connectivity index (χ2v) is 6.72. The number of nitrogens with zero attached hydrogens (tertiary/aromatic N) is 2. The molecular weight excluding hydrogens is 319 g/mol. The maximum Gasteiger partial charge on any atom is 0.220 e. The summed E-state index contributed by atoms with van der Waals surface area (Å²) in [7, 11) is 0. The van der Waals surface area contributed by atoms with Gasteiger partial charge in [-0.05, 0) is 50.8 Å². The molecule has 1 aromatic heterocycles. The summed E-state index contributed by atoms with van der Waals surface area (Å²) in [6.07, 6.45) is 3.00. The fraction of sp³-hybridized carbons (Fsp3) is 0.474. The van der Waals surface area contributed by atoms with E-state index in [4.69, 9.17) is 0 Å². The largest absolute Gasteiger partial charge is 0.367 e. The van der Waals surface area contributed by atoms with Crippen molar-refractivity contribution >= 4 is 11.6 Å². The van der Waals surface area contributed by atoms with Crippen molar-refractivity contribution in [1.29, 1.82) is 0 Å². The molecule has 1 aliphatic heterocycles. The maximum atomic E-state index is 14.0. The number of carbonyl (C=O) groups is 1. The lowest BCUT2D eigenvalue weighted by Gasteiger charge is -2.35. The molecule has 5 nitrogen and oxygen atoms in total. The molecule has 0 bridgehead atoms. The van der Waals surface area contributed by atoms with Crippen molar-refractivity contribution < 1.29 is 9.18 Å². The number of aromatic nitrogens is 2. The molecule has 6 heteroatoms. The lowest BCUT2D eigenvalue weighted by molar-refractivity contribution is -0.121. The number of rotatable bonds is 5. The molecule has 1 amide bonds. The average Bonchev–Trinajstić information content (AvgIpc) is 2.92. The molecule has 2 N–H and O–H groups in total. The standard InChI is InChI=1S/C19H25FN4O/c1-13-16(14(2)23-22-13)9-10-19(25)21-15-6-5-11-24(12-15)18-8-4-3-7-17(18)20/h3-4,7-8,15H,5-6,9-12H2,1-2H3,(H,21,25)(H,22,23). The first-order valence-electron chi connectivity index (χ1n) is 8.84. The highest BCUT2D eigenvalue weighted by molar-refractivity contribution is 5.76. The molecular formula is C19H25FN4O. The number of anilines is 1. The minimum Gasteiger partial charge on any atom is -0.367 e. The van der Waals surface area contributed by atoms with E-state index in [0.29, 0.717) is 25.1 Å². The third-order valence-electron chi connectivity index (χ3n) is 4.86. The van der Waals surface area contributed by atoms with Crippen molar-refractivity contribution in [2.24, 2.45) is 0 Å². The molecule has 1 atom stereocenters. The lowest BCUT2D eigenvalue weighted by Crippen LogP contribution is -2.48. The smallest absolute Gasteiger partial charge is 0.220 e. The zero-order valence-corrected chi connectivity index (χ0v) is 14.8. The second-order valence-electron chi connectivity index (χ2n) is 6.72. The van der Waals surface area contributed by atoms with Gasteiger partial charge in [-0.3, -0.25) is 9.89 Å². The van der Waals surface area contributed by atoms with Crippen LogP contribution in [0, 0.1) is 19.7 Å². The number of aromatic amines is 1. The fourth-order valence-electron chi connectivity index (χ4n) is 3.50. The summed E-state index contributed by atoms with van der Waals surface area (Å²) in [5, 5.41) is 10.2. The number of benzene rings is 1. The predicted octanol–water partition coefficient (Wildman–Crippen LogP) is 2.88. The van der Waals surface area contributed by atoms with Gasteiger partial charge in [-0.15, -0.1) is 0 Å². The van der Waals surface area contributed by atoms with E-state index < -0.39 is 0 Å². The Balaban J connectivity index is 1.54. The van der Waals surface area contributed by atoms with Gasteiger partial charge in [0.15, 0.2) is 0 Å². The highest BCUT2D eigenvalue weighted by atomic mass is 19.1. The molecule has 2 heterocycles. The summed E-state index contributed by atoms with van der Waals surface area (Å²) in [5.74, 6) is -0.166. The molecule has 2 aromatic rings. The summed E-state index contributed by atoms with van der Waals surface area (Å²) in [5.41, 5.74) is 3.71. The van der Waals surface area contributed by atoms with Gasteiger partial charge in [0, 0.05) is 31.2 Å². The van der Waals surface area contributed by atoms with Crippen LogP contribution < -0.4 is 10.2 Å². The normalized spacial score (nSPS) is 17.6. The number of aryl methyl sites for hydroxylation is 2. The molecule has 1 fully saturated rings. The van der Waals surface area contributed by atoms with Crippen molar-refractivity contribution in [1.82, 2.24) is 15.5 Å². The number of para-hydroxylation sites is 1. The summed E-state index contributed by atoms with van der Waals surface area (Å²) < 4.78 is 14.0. The van der Waals surface area contributed by atoms with Gasteiger partial charge in [-0.25, -0.2) is 4.39 Å². The molecule has 1 saturated heterocycles. The first-order valence-corrected chi connectivity index (χ1v) is 8.84. The number of carbonyl (C=O) groups excluding carboxylic acids is 1. The molecule has 1 aliphatic rings. The van der Waals surface area contributed by atoms with E-state index in [1.54, 1.807) is 12.1 Å². The minimum atomic E-state index is -0.208. The predicted molar refractivity (Wildman–Crippen MR) is 96.2 cm³/mol. The van der Waals surface area contributed by atoms with Crippen LogP contribution in [0.5, 0.6) is 0 Å². The van der Waals surface area contributed by atoms with Crippen LogP contribution in [-0.4, -0.2) is 35.2 Å². The van der Waals surface area contributed by atoms with Crippen LogP contribution in [0.2, 0.25) is 0 Å². The van der Waals surface area contributed by atoms with Crippen molar-refractivity contribution in [3.05, 3.63) is 47.0 Å². The molecule has 1 aromatic carbocycles. The summed E-state index contributed by atoms with van der Waals surface area (Å²) >= 11 is 0. The Morgan fingerprint density at radius 2 is 2.20 bits per heavy atom. The van der Waals surface area contributed by atoms with E-state index in [1.165, 1.54) is 6.07 Å². The number of hydrogen-bond acceptors (Lipinski definition) is 3. The van der Waals surface area contributed by atoms with Gasteiger partial charge in [0.05, 0.1) is 11.4 Å². The quantitative estimate of drug-likeness (QED) is 0.877. The highest BCUT2D eigenvalue weighted by Crippen LogP contribution is 2.23. The van der Waals surface area contributed by atoms with Gasteiger partial charge in [0.2, 0.25) is 5.91 Å². The SMILES string of the molecule is Cc1n[nH]c(C)c1CCC(=O)NC1CCCN(c2ccccc2F)C1. The average molecular weight is 344 g/mol. The molecule has 1 unspecified atom stereocenters. The minimum absolute atomic E-state index is 0.0420. The van der Waals surface area contributed by atoms with Gasteiger partial charge >= 0.3 is 0 Å². The monoisotopic (exact) mass is 344 g/mol. The Hall–Kier alpha value is -2.37. The molecule has 3 rings (SSSR count). The molecule has 0 saturated carbocycles. The van der Waals surface area contributed by atoms with Gasteiger partial charge in [-0.1, -0.05) is 12.1 Å². The van der Waals surface area contributed by atoms with Crippen LogP contribution >= 0.6 is 0 Å². The van der Waals surface area contributed by atoms with Crippen LogP contribution in [0.25, 0.3) is 0 Å². The first-order chi connectivity index (χ1) is 12.0. The van der Waals surface area contributed by atoms with Crippen molar-refractivity contribution in [2.45, 2.75) is 45.6 Å². The Morgan fingerprint density at radius 3 is 2.92 bits per heavy atom. The van der Waals surface area contributed by atoms with E-state index in [9.17, 15) is 9.18 Å². The van der Waals surface area contributed by atoms with Crippen LogP contribution in [-0.2, 0) is 11.2 Å². The third kappa shape index (κ3) is 4.18. The van der Waals surface area contributed by atoms with Crippen LogP contribution in [0.4, 0.5) is 10.1 Å². The fourth-order valence-corrected chi connectivity index (χ4v) is 3.50. The van der Waals surface area contributed by atoms with Crippen molar-refractivity contribution in [2.75, 3.05) is 18.0 Å². The molecule has 134 valence electrons. The zero-order valence-electron chi connectivity index (χ0n) is 14.8. The summed E-state index contributed by atoms with van der Waals surface area (Å²) in [6.45, 7) is 5.39. The van der Waals surface area contributed by atoms with E-state index >= 15 is 0 Å². The zero-order chi connectivity index (χ0) is 17.8. The Morgan fingerprint density at radius 1 is 1.40 bits per heavy atom. The van der Waals surface area contributed by atoms with Crippen LogP contribution in [0.3, 0.4) is 0 Å². The number of H-pyrrole nitrogens is 1. The molecule has 0 spiro atoms. The number of halogens is 1. The number of amides is 1. The molecule has 0 aliphatic carbocycles. The van der Waals surface area contributed by atoms with Gasteiger partial charge in [0.25, 0.3) is 0 Å². The Bertz CT molecular complexity index is 723. The molecule has 0 radical (unpaired) electrons. The van der Waals surface area contributed by atoms with E-state index in [2.05, 4.69) is 15.5 Å². The third-order valence-corrected chi connectivity index (χ3v) is 4.86. The van der Waals surface area contributed by atoms with Gasteiger partial charge in [-0.2, -0.15) is 5.10 Å². The number of hydrogen-bond donors (Lipinski definition) is 2.